The zero-order chi connectivity index (χ0) is 51.4. The Hall–Kier alpha value is -6.96. The second kappa shape index (κ2) is 25.8. The van der Waals surface area contributed by atoms with E-state index in [0.717, 1.165) is 56.5 Å². The Morgan fingerprint density at radius 1 is 0.662 bits per heavy atom. The van der Waals surface area contributed by atoms with Crippen molar-refractivity contribution in [2.45, 2.75) is 139 Å². The molecule has 1 aliphatic heterocycles. The summed E-state index contributed by atoms with van der Waals surface area (Å²) >= 11 is 0. The molecule has 1 aliphatic rings. The molecule has 0 aliphatic carbocycles. The van der Waals surface area contributed by atoms with Crippen molar-refractivity contribution in [2.75, 3.05) is 6.54 Å². The number of aliphatic carboxylic acids is 2. The van der Waals surface area contributed by atoms with Gasteiger partial charge in [0.2, 0.25) is 17.7 Å². The third-order valence-corrected chi connectivity index (χ3v) is 12.8. The lowest BCUT2D eigenvalue weighted by Gasteiger charge is -2.37. The lowest BCUT2D eigenvalue weighted by molar-refractivity contribution is -0.145. The molecular weight excluding hydrogens is 897 g/mol. The molecule has 3 amide bonds. The highest BCUT2D eigenvalue weighted by molar-refractivity contribution is 5.89. The molecule has 71 heavy (non-hydrogen) atoms. The van der Waals surface area contributed by atoms with E-state index >= 15 is 0 Å². The predicted molar refractivity (Wildman–Crippen MR) is 279 cm³/mol. The van der Waals surface area contributed by atoms with Crippen LogP contribution in [-0.2, 0) is 24.0 Å². The third-order valence-electron chi connectivity index (χ3n) is 12.8. The Bertz CT molecular complexity index is 2690. The summed E-state index contributed by atoms with van der Waals surface area (Å²) in [5, 5.41) is 25.0. The van der Waals surface area contributed by atoms with Gasteiger partial charge in [-0.25, -0.2) is 0 Å². The van der Waals surface area contributed by atoms with E-state index in [0.29, 0.717) is 42.9 Å². The van der Waals surface area contributed by atoms with Gasteiger partial charge < -0.3 is 30.3 Å². The van der Waals surface area contributed by atoms with Gasteiger partial charge in [0.1, 0.15) is 12.1 Å². The van der Waals surface area contributed by atoms with Gasteiger partial charge in [0.05, 0.1) is 24.9 Å². The van der Waals surface area contributed by atoms with Crippen LogP contribution in [0.5, 0.6) is 0 Å². The Kier molecular flexibility index (Phi) is 20.6. The van der Waals surface area contributed by atoms with E-state index in [1.165, 1.54) is 10.6 Å². The van der Waals surface area contributed by atoms with E-state index in [-0.39, 0.29) is 49.5 Å². The van der Waals surface area contributed by atoms with Gasteiger partial charge in [0, 0.05) is 61.1 Å². The van der Waals surface area contributed by atoms with E-state index in [1.54, 1.807) is 42.0 Å². The summed E-state index contributed by atoms with van der Waals surface area (Å²) in [5.74, 6) is -2.13. The molecule has 0 radical (unpaired) electrons. The van der Waals surface area contributed by atoms with Crippen molar-refractivity contribution in [1.82, 2.24) is 30.1 Å². The van der Waals surface area contributed by atoms with E-state index in [2.05, 4.69) is 20.6 Å². The minimum absolute atomic E-state index is 0. The number of likely N-dealkylation sites (tertiary alicyclic amines) is 1. The number of piperidine rings is 1. The minimum Gasteiger partial charge on any atom is -0.481 e. The molecule has 5 atom stereocenters. The van der Waals surface area contributed by atoms with Crippen LogP contribution in [0.1, 0.15) is 138 Å². The first-order valence-electron chi connectivity index (χ1n) is 24.2. The highest BCUT2D eigenvalue weighted by atomic mass is 16.4. The van der Waals surface area contributed by atoms with Gasteiger partial charge in [0.15, 0.2) is 0 Å². The number of pyridine rings is 3. The number of aryl methyl sites for hydroxylation is 5. The van der Waals surface area contributed by atoms with Gasteiger partial charge in [-0.1, -0.05) is 78.4 Å². The molecule has 6 rings (SSSR count). The summed E-state index contributed by atoms with van der Waals surface area (Å²) in [5.41, 5.74) is 9.94. The van der Waals surface area contributed by atoms with Gasteiger partial charge in [-0.05, 0) is 140 Å². The average Bonchev–Trinajstić information content (AvgIpc) is 3.27. The van der Waals surface area contributed by atoms with Crippen LogP contribution >= 0.6 is 0 Å². The van der Waals surface area contributed by atoms with Gasteiger partial charge in [-0.2, -0.15) is 0 Å². The van der Waals surface area contributed by atoms with Crippen molar-refractivity contribution in [2.24, 2.45) is 17.8 Å². The zero-order valence-corrected chi connectivity index (χ0v) is 42.3. The molecule has 14 heteroatoms. The normalized spacial score (nSPS) is 15.1. The van der Waals surface area contributed by atoms with Gasteiger partial charge in [0.25, 0.3) is 5.56 Å². The maximum Gasteiger partial charge on any atom is 0.305 e. The van der Waals surface area contributed by atoms with E-state index in [4.69, 9.17) is 0 Å². The van der Waals surface area contributed by atoms with Crippen LogP contribution in [-0.4, -0.2) is 71.9 Å². The molecule has 2 aromatic carbocycles. The third kappa shape index (κ3) is 15.5. The van der Waals surface area contributed by atoms with Crippen molar-refractivity contribution >= 4 is 29.7 Å². The number of hydrogen-bond acceptors (Lipinski definition) is 8. The molecule has 4 heterocycles. The number of nitrogens with one attached hydrogen (secondary N) is 2. The fraction of sp³-hybridized carbons (Fsp3) is 0.439. The Morgan fingerprint density at radius 3 is 1.51 bits per heavy atom. The Morgan fingerprint density at radius 2 is 1.10 bits per heavy atom. The number of rotatable bonds is 18. The topological polar surface area (TPSA) is 201 Å². The lowest BCUT2D eigenvalue weighted by atomic mass is 9.93. The van der Waals surface area contributed by atoms with Crippen LogP contribution in [0.2, 0.25) is 0 Å². The number of benzene rings is 2. The first-order valence-corrected chi connectivity index (χ1v) is 24.2. The standard InChI is InChI=1S/C28H37N3O4.C28H33N3O4.CH4/c2*1-17(2)11-24(31-10-9-18(3)12-25(31)32)28(35)30-23(14-26(33)34)21-13-22(16-29-15-21)27-19(4)7-6-8-20(27)5;/h6-8,13,15-18,23-24H,9-12,14H2,1-5H3,(H,30,35)(H,33,34);6-10,12-13,15-17,23-24H,11,14H2,1-5H3,(H,30,35)(H,33,34);1H4/t18?,23-,24-;23-,24-;/m00./s1. The number of carbonyl (C=O) groups is 5. The largest absolute Gasteiger partial charge is 0.481 e. The van der Waals surface area contributed by atoms with Crippen molar-refractivity contribution in [1.29, 1.82) is 0 Å². The van der Waals surface area contributed by atoms with Crippen LogP contribution in [0, 0.1) is 52.4 Å². The van der Waals surface area contributed by atoms with Crippen LogP contribution in [0.4, 0.5) is 0 Å². The summed E-state index contributed by atoms with van der Waals surface area (Å²) in [7, 11) is 0. The number of amides is 3. The summed E-state index contributed by atoms with van der Waals surface area (Å²) in [6, 6.07) is 16.2. The molecular formula is C57H74N6O8. The summed E-state index contributed by atoms with van der Waals surface area (Å²) in [6.45, 7) is 20.5. The fourth-order valence-corrected chi connectivity index (χ4v) is 9.29. The first-order chi connectivity index (χ1) is 33.1. The Labute approximate surface area is 419 Å². The smallest absolute Gasteiger partial charge is 0.305 e. The number of aromatic nitrogens is 3. The molecule has 1 unspecified atom stereocenters. The monoisotopic (exact) mass is 971 g/mol. The maximum absolute atomic E-state index is 13.5. The minimum atomic E-state index is -1.04. The zero-order valence-electron chi connectivity index (χ0n) is 42.3. The van der Waals surface area contributed by atoms with Crippen molar-refractivity contribution in [3.63, 3.8) is 0 Å². The lowest BCUT2D eigenvalue weighted by Crippen LogP contribution is -2.53. The molecule has 4 N–H and O–H groups in total. The SMILES string of the molecule is C.Cc1cccc(C)c1-c1cncc([C@H](CC(=O)O)NC(=O)[C@H](CC(C)C)N2CCC(C)CC2=O)c1.Cc1ccn([C@@H](CC(C)C)C(=O)N[C@@H](CC(=O)O)c2cncc(-c3c(C)cccc3C)c2)c(=O)c1. The van der Waals surface area contributed by atoms with E-state index in [9.17, 15) is 39.0 Å². The molecule has 5 aromatic rings. The highest BCUT2D eigenvalue weighted by Crippen LogP contribution is 2.32. The summed E-state index contributed by atoms with van der Waals surface area (Å²) < 4.78 is 1.42. The maximum atomic E-state index is 13.5. The number of nitrogens with zero attached hydrogens (tertiary/aromatic N) is 4. The van der Waals surface area contributed by atoms with Crippen molar-refractivity contribution < 1.29 is 34.2 Å². The Balaban J connectivity index is 0.000000304. The first kappa shape index (κ1) is 56.6. The quantitative estimate of drug-likeness (QED) is 0.0655. The number of carbonyl (C=O) groups excluding carboxylic acids is 3. The van der Waals surface area contributed by atoms with Gasteiger partial charge in [-0.15, -0.1) is 0 Å². The predicted octanol–water partition coefficient (Wildman–Crippen LogP) is 10.1. The second-order valence-electron chi connectivity index (χ2n) is 19.8. The molecule has 0 saturated carbocycles. The average molecular weight is 971 g/mol. The number of hydrogen-bond donors (Lipinski definition) is 4. The van der Waals surface area contributed by atoms with Crippen molar-refractivity contribution in [3.05, 3.63) is 141 Å². The van der Waals surface area contributed by atoms with Gasteiger partial charge >= 0.3 is 11.9 Å². The van der Waals surface area contributed by atoms with Crippen LogP contribution < -0.4 is 16.2 Å². The number of carboxylic acids is 2. The highest BCUT2D eigenvalue weighted by Gasteiger charge is 2.35. The van der Waals surface area contributed by atoms with Gasteiger partial charge in [-0.3, -0.25) is 38.7 Å². The van der Waals surface area contributed by atoms with Crippen LogP contribution in [0.25, 0.3) is 22.3 Å². The molecule has 3 aromatic heterocycles. The fourth-order valence-electron chi connectivity index (χ4n) is 9.29. The molecule has 380 valence electrons. The summed E-state index contributed by atoms with van der Waals surface area (Å²) in [6.07, 6.45) is 9.98. The molecule has 14 nitrogen and oxygen atoms in total. The van der Waals surface area contributed by atoms with E-state index in [1.807, 2.05) is 118 Å². The second-order valence-corrected chi connectivity index (χ2v) is 19.8. The molecule has 0 spiro atoms. The van der Waals surface area contributed by atoms with Crippen molar-refractivity contribution in [3.8, 4) is 22.3 Å². The summed E-state index contributed by atoms with van der Waals surface area (Å²) in [4.78, 5) is 86.2. The van der Waals surface area contributed by atoms with Crippen LogP contribution in [0.15, 0.2) is 96.4 Å². The van der Waals surface area contributed by atoms with Crippen LogP contribution in [0.3, 0.4) is 0 Å². The van der Waals surface area contributed by atoms with E-state index < -0.39 is 42.0 Å². The molecule has 0 bridgehead atoms. The molecule has 1 fully saturated rings. The molecule has 1 saturated heterocycles. The number of carboxylic acid groups (broad SMARTS) is 2.